The molecule has 0 saturated heterocycles. The predicted octanol–water partition coefficient (Wildman–Crippen LogP) is 4.24. The van der Waals surface area contributed by atoms with Crippen LogP contribution >= 0.6 is 0 Å². The van der Waals surface area contributed by atoms with E-state index in [0.717, 1.165) is 6.07 Å². The predicted molar refractivity (Wildman–Crippen MR) is 97.7 cm³/mol. The van der Waals surface area contributed by atoms with E-state index in [2.05, 4.69) is 4.74 Å². The monoisotopic (exact) mass is 407 g/mol. The van der Waals surface area contributed by atoms with Gasteiger partial charge in [0.1, 0.15) is 0 Å². The van der Waals surface area contributed by atoms with E-state index in [9.17, 15) is 23.2 Å². The first-order chi connectivity index (χ1) is 13.7. The molecule has 6 nitrogen and oxygen atoms in total. The zero-order valence-electron chi connectivity index (χ0n) is 15.7. The minimum atomic E-state index is -5.13. The van der Waals surface area contributed by atoms with Gasteiger partial charge in [0.05, 0.1) is 33.0 Å². The van der Waals surface area contributed by atoms with Crippen molar-refractivity contribution in [3.8, 4) is 29.1 Å². The number of alkyl halides is 3. The Morgan fingerprint density at radius 3 is 2.07 bits per heavy atom. The summed E-state index contributed by atoms with van der Waals surface area (Å²) in [6, 6.07) is 10.8. The number of benzene rings is 2. The third-order valence-electron chi connectivity index (χ3n) is 3.75. The Balaban J connectivity index is 2.39. The van der Waals surface area contributed by atoms with Gasteiger partial charge in [0.25, 0.3) is 0 Å². The fraction of sp³-hybridized carbons (Fsp3) is 0.200. The summed E-state index contributed by atoms with van der Waals surface area (Å²) in [6.07, 6.45) is -3.63. The normalized spacial score (nSPS) is 11.4. The van der Waals surface area contributed by atoms with Crippen molar-refractivity contribution < 1.29 is 36.9 Å². The number of hydrogen-bond donors (Lipinski definition) is 0. The van der Waals surface area contributed by atoms with Crippen molar-refractivity contribution in [3.63, 3.8) is 0 Å². The number of halogens is 3. The lowest BCUT2D eigenvalue weighted by Gasteiger charge is -2.11. The van der Waals surface area contributed by atoms with Gasteiger partial charge < -0.3 is 18.9 Å². The van der Waals surface area contributed by atoms with E-state index in [0.29, 0.717) is 22.6 Å². The van der Waals surface area contributed by atoms with Crippen molar-refractivity contribution >= 4 is 17.6 Å². The van der Waals surface area contributed by atoms with Gasteiger partial charge in [0.15, 0.2) is 23.0 Å². The molecular formula is C20H16F3NO5. The smallest absolute Gasteiger partial charge is 0.491 e. The fourth-order valence-corrected chi connectivity index (χ4v) is 2.37. The Hall–Kier alpha value is -3.67. The van der Waals surface area contributed by atoms with E-state index in [1.165, 1.54) is 39.5 Å². The number of hydrogen-bond acceptors (Lipinski definition) is 6. The second-order valence-electron chi connectivity index (χ2n) is 5.54. The maximum Gasteiger partial charge on any atom is 0.491 e. The third kappa shape index (κ3) is 5.19. The molecule has 2 rings (SSSR count). The first-order valence-electron chi connectivity index (χ1n) is 8.04. The summed E-state index contributed by atoms with van der Waals surface area (Å²) in [4.78, 5) is 11.0. The molecule has 0 N–H and O–H groups in total. The van der Waals surface area contributed by atoms with Gasteiger partial charge >= 0.3 is 12.1 Å². The summed E-state index contributed by atoms with van der Waals surface area (Å²) in [6.45, 7) is 0. The van der Waals surface area contributed by atoms with Crippen LogP contribution in [0.15, 0.2) is 36.4 Å². The number of esters is 1. The number of carbonyl (C=O) groups is 1. The van der Waals surface area contributed by atoms with Gasteiger partial charge in [-0.05, 0) is 47.5 Å². The van der Waals surface area contributed by atoms with Gasteiger partial charge in [-0.1, -0.05) is 6.07 Å². The first kappa shape index (κ1) is 21.6. The first-order valence-corrected chi connectivity index (χ1v) is 8.04. The van der Waals surface area contributed by atoms with Crippen LogP contribution in [0.25, 0.3) is 11.6 Å². The molecule has 0 amide bonds. The summed E-state index contributed by atoms with van der Waals surface area (Å²) in [7, 11) is 4.16. The third-order valence-corrected chi connectivity index (χ3v) is 3.75. The molecule has 0 aromatic heterocycles. The number of carbonyl (C=O) groups excluding carboxylic acids is 1. The van der Waals surface area contributed by atoms with E-state index in [1.54, 1.807) is 18.2 Å². The molecule has 0 saturated carbocycles. The lowest BCUT2D eigenvalue weighted by molar-refractivity contribution is -0.189. The Labute approximate surface area is 164 Å². The van der Waals surface area contributed by atoms with Crippen LogP contribution < -0.4 is 18.9 Å². The molecule has 29 heavy (non-hydrogen) atoms. The second-order valence-corrected chi connectivity index (χ2v) is 5.54. The number of rotatable bonds is 6. The Bertz CT molecular complexity index is 977. The summed E-state index contributed by atoms with van der Waals surface area (Å²) in [5, 5.41) is 9.50. The van der Waals surface area contributed by atoms with E-state index >= 15 is 0 Å². The minimum absolute atomic E-state index is 0.0963. The van der Waals surface area contributed by atoms with Gasteiger partial charge in [-0.2, -0.15) is 18.4 Å². The molecule has 9 heteroatoms. The average molecular weight is 407 g/mol. The summed E-state index contributed by atoms with van der Waals surface area (Å²) < 4.78 is 56.9. The molecule has 0 aliphatic rings. The molecule has 0 atom stereocenters. The van der Waals surface area contributed by atoms with Crippen LogP contribution in [0.4, 0.5) is 13.2 Å². The summed E-state index contributed by atoms with van der Waals surface area (Å²) in [5.74, 6) is -1.93. The molecular weight excluding hydrogens is 391 g/mol. The van der Waals surface area contributed by atoms with Gasteiger partial charge in [0, 0.05) is 0 Å². The second kappa shape index (κ2) is 9.01. The van der Waals surface area contributed by atoms with Crippen LogP contribution in [0, 0.1) is 11.3 Å². The van der Waals surface area contributed by atoms with Crippen molar-refractivity contribution in [3.05, 3.63) is 47.5 Å². The van der Waals surface area contributed by atoms with Crippen molar-refractivity contribution in [1.29, 1.82) is 5.26 Å². The van der Waals surface area contributed by atoms with E-state index in [-0.39, 0.29) is 11.3 Å². The molecule has 2 aromatic rings. The highest BCUT2D eigenvalue weighted by Crippen LogP contribution is 2.33. The van der Waals surface area contributed by atoms with Crippen LogP contribution in [0.2, 0.25) is 0 Å². The number of ether oxygens (including phenoxy) is 4. The molecule has 2 aromatic carbocycles. The summed E-state index contributed by atoms with van der Waals surface area (Å²) >= 11 is 0. The molecule has 0 bridgehead atoms. The molecule has 0 heterocycles. The van der Waals surface area contributed by atoms with E-state index in [4.69, 9.17) is 14.2 Å². The van der Waals surface area contributed by atoms with Crippen LogP contribution in [0.5, 0.6) is 23.0 Å². The maximum atomic E-state index is 12.4. The molecule has 0 fully saturated rings. The van der Waals surface area contributed by atoms with Crippen molar-refractivity contribution in [2.24, 2.45) is 0 Å². The highest BCUT2D eigenvalue weighted by atomic mass is 19.4. The minimum Gasteiger partial charge on any atom is -0.493 e. The number of nitrogens with zero attached hydrogens (tertiary/aromatic N) is 1. The lowest BCUT2D eigenvalue weighted by atomic mass is 10.0. The van der Waals surface area contributed by atoms with Crippen molar-refractivity contribution in [2.75, 3.05) is 21.3 Å². The Morgan fingerprint density at radius 2 is 1.52 bits per heavy atom. The molecule has 0 spiro atoms. The number of nitriles is 1. The van der Waals surface area contributed by atoms with Crippen molar-refractivity contribution in [1.82, 2.24) is 0 Å². The zero-order chi connectivity index (χ0) is 21.6. The Kier molecular flexibility index (Phi) is 6.72. The van der Waals surface area contributed by atoms with Crippen LogP contribution in [-0.4, -0.2) is 33.5 Å². The molecule has 152 valence electrons. The maximum absolute atomic E-state index is 12.4. The van der Waals surface area contributed by atoms with Crippen LogP contribution in [0.3, 0.4) is 0 Å². The number of allylic oxidation sites excluding steroid dienone is 1. The lowest BCUT2D eigenvalue weighted by Crippen LogP contribution is -2.28. The molecule has 0 aliphatic carbocycles. The largest absolute Gasteiger partial charge is 0.493 e. The van der Waals surface area contributed by atoms with Gasteiger partial charge in [-0.25, -0.2) is 4.79 Å². The zero-order valence-corrected chi connectivity index (χ0v) is 15.7. The van der Waals surface area contributed by atoms with Gasteiger partial charge in [-0.15, -0.1) is 0 Å². The van der Waals surface area contributed by atoms with E-state index < -0.39 is 17.9 Å². The highest BCUT2D eigenvalue weighted by Gasteiger charge is 2.41. The quantitative estimate of drug-likeness (QED) is 0.308. The molecule has 0 radical (unpaired) electrons. The fourth-order valence-electron chi connectivity index (χ4n) is 2.37. The van der Waals surface area contributed by atoms with Crippen molar-refractivity contribution in [2.45, 2.75) is 6.18 Å². The van der Waals surface area contributed by atoms with Gasteiger partial charge in [0.2, 0.25) is 0 Å². The highest BCUT2D eigenvalue weighted by molar-refractivity contribution is 5.90. The average Bonchev–Trinajstić information content (AvgIpc) is 2.71. The summed E-state index contributed by atoms with van der Waals surface area (Å²) in [5.41, 5.74) is 1.24. The van der Waals surface area contributed by atoms with E-state index in [1.807, 2.05) is 6.07 Å². The molecule has 0 aliphatic heterocycles. The topological polar surface area (TPSA) is 77.8 Å². The van der Waals surface area contributed by atoms with Crippen LogP contribution in [-0.2, 0) is 4.79 Å². The number of methoxy groups -OCH3 is 3. The van der Waals surface area contributed by atoms with Crippen LogP contribution in [0.1, 0.15) is 11.1 Å². The SMILES string of the molecule is COc1ccc(/C(C#N)=C\c2ccc(OC(=O)C(F)(F)F)c(OC)c2)cc1OC. The standard InChI is InChI=1S/C20H16F3NO5/c1-26-15-7-5-13(10-18(15)28-3)14(11-24)8-12-4-6-16(17(9-12)27-2)29-19(25)20(21,22)23/h4-10H,1-3H3/b14-8-. The van der Waals surface area contributed by atoms with Gasteiger partial charge in [-0.3, -0.25) is 0 Å². The molecule has 0 unspecified atom stereocenters. The Morgan fingerprint density at radius 1 is 0.931 bits per heavy atom.